The van der Waals surface area contributed by atoms with Crippen LogP contribution in [0, 0.1) is 16.2 Å². The zero-order valence-corrected chi connectivity index (χ0v) is 58.0. The lowest BCUT2D eigenvalue weighted by Crippen LogP contribution is -2.48. The third-order valence-corrected chi connectivity index (χ3v) is 16.7. The number of anilines is 3. The molecule has 0 bridgehead atoms. The molecule has 3 aromatic rings. The molecule has 25 heteroatoms. The minimum absolute atomic E-state index is 0.00306. The van der Waals surface area contributed by atoms with Crippen molar-refractivity contribution in [2.24, 2.45) is 10.3 Å². The molecule has 534 valence electrons. The quantitative estimate of drug-likeness (QED) is 0.0456. The Morgan fingerprint density at radius 3 is 1.35 bits per heavy atom. The van der Waals surface area contributed by atoms with E-state index in [1.165, 1.54) is 23.5 Å². The Bertz CT molecular complexity index is 2780. The zero-order valence-electron chi connectivity index (χ0n) is 58.0. The van der Waals surface area contributed by atoms with Crippen molar-refractivity contribution in [3.8, 4) is 23.3 Å². The van der Waals surface area contributed by atoms with Gasteiger partial charge < -0.3 is 72.1 Å². The highest BCUT2D eigenvalue weighted by Gasteiger charge is 2.30. The highest BCUT2D eigenvalue weighted by Crippen LogP contribution is 2.33. The van der Waals surface area contributed by atoms with E-state index in [9.17, 15) is 10.1 Å². The second-order valence-corrected chi connectivity index (χ2v) is 25.6. The second-order valence-electron chi connectivity index (χ2n) is 25.6. The molecule has 0 aromatic heterocycles. The molecular formula is C71H111N10O15+. The minimum Gasteiger partial charge on any atom is -0.489 e. The summed E-state index contributed by atoms with van der Waals surface area (Å²) in [7, 11) is 0. The maximum absolute atomic E-state index is 9.93. The average molecular weight is 1340 g/mol. The molecule has 25 nitrogen and oxygen atoms in total. The summed E-state index contributed by atoms with van der Waals surface area (Å²) in [6.07, 6.45) is 13.4. The predicted molar refractivity (Wildman–Crippen MR) is 373 cm³/mol. The molecule has 0 amide bonds. The van der Waals surface area contributed by atoms with E-state index in [2.05, 4.69) is 147 Å². The number of ether oxygens (including phenoxy) is 9. The summed E-state index contributed by atoms with van der Waals surface area (Å²) in [6, 6.07) is 27.2. The Hall–Kier alpha value is -6.57. The standard InChI is InChI=1S/C23H35N3O4.C18H27N3O3.C16H24N2O.C7H13NO4.C7H11NO3/c1-18(2)29-22-8-4-3-7-21(22)26-12-10-25(11-13-26)16-20-15-19(24-30-20)17-28-23-9-5-6-14-27-23;1-14(2)23-18-6-4-3-5-17(18)21-9-7-20(8-10-21)12-16-11-15(13-22)19-24-16;1-4-9-17-10-12-18(13-11-17)15-7-5-6-8-16(15)19-14(2)3;9-8(10)4-6-12-7-3-1-2-5-11-7;9-8-4-6-11-7-3-1-2-5-10-7/h3-4,7-8,18,20,23H,5-6,9-17H2,1-2H3;3-6,14,16,22H,7-13H2,1-2H3;4-8,14H,1,9-13H2,2-3H3;7H,1-6H2;7H,1-3,5-6H2/p+1. The largest absolute Gasteiger partial charge is 0.489 e. The molecule has 6 saturated heterocycles. The van der Waals surface area contributed by atoms with Crippen LogP contribution in [0.25, 0.3) is 5.01 Å². The molecule has 0 radical (unpaired) electrons. The maximum atomic E-state index is 9.93. The van der Waals surface area contributed by atoms with Gasteiger partial charge in [-0.25, -0.2) is 0 Å². The number of nitro groups is 1. The van der Waals surface area contributed by atoms with Gasteiger partial charge in [0.15, 0.2) is 25.5 Å². The van der Waals surface area contributed by atoms with E-state index in [0.29, 0.717) is 13.2 Å². The Balaban J connectivity index is 0.000000178. The fraction of sp³-hybridized carbons (Fsp3) is 0.676. The Morgan fingerprint density at radius 2 is 0.979 bits per heavy atom. The van der Waals surface area contributed by atoms with Crippen LogP contribution >= 0.6 is 0 Å². The molecule has 0 saturated carbocycles. The number of aliphatic hydroxyl groups excluding tert-OH is 1. The summed E-state index contributed by atoms with van der Waals surface area (Å²) in [5, 5.41) is 37.9. The molecule has 96 heavy (non-hydrogen) atoms. The summed E-state index contributed by atoms with van der Waals surface area (Å²) in [6.45, 7) is 34.1. The zero-order chi connectivity index (χ0) is 68.1. The van der Waals surface area contributed by atoms with Gasteiger partial charge in [-0.15, -0.1) is 6.58 Å². The van der Waals surface area contributed by atoms with Crippen LogP contribution in [0.1, 0.15) is 112 Å². The lowest BCUT2D eigenvalue weighted by molar-refractivity contribution is -0.485. The van der Waals surface area contributed by atoms with Gasteiger partial charge >= 0.3 is 6.07 Å². The van der Waals surface area contributed by atoms with E-state index in [-0.39, 0.29) is 80.7 Å². The van der Waals surface area contributed by atoms with Crippen molar-refractivity contribution >= 4 is 28.5 Å². The van der Waals surface area contributed by atoms with E-state index in [0.717, 1.165) is 204 Å². The number of oxime groups is 2. The predicted octanol–water partition coefficient (Wildman–Crippen LogP) is 9.86. The highest BCUT2D eigenvalue weighted by atomic mass is 16.7. The monoisotopic (exact) mass is 1340 g/mol. The Kier molecular flexibility index (Phi) is 34.9. The summed E-state index contributed by atoms with van der Waals surface area (Å²) in [5.74, 6) is 2.93. The molecule has 11 rings (SSSR count). The number of hydrogen-bond acceptors (Lipinski definition) is 23. The molecule has 8 aliphatic rings. The van der Waals surface area contributed by atoms with Gasteiger partial charge in [0.05, 0.1) is 60.0 Å². The average Bonchev–Trinajstić information content (AvgIpc) is 1.39. The molecule has 8 aliphatic heterocycles. The smallest absolute Gasteiger partial charge is 0.378 e. The number of para-hydroxylation sites is 6. The normalized spacial score (nSPS) is 22.4. The van der Waals surface area contributed by atoms with Gasteiger partial charge in [-0.2, -0.15) is 5.21 Å². The number of nitrogens with zero attached hydrogens (tertiary/aromatic N) is 10. The van der Waals surface area contributed by atoms with Gasteiger partial charge in [-0.1, -0.05) is 52.8 Å². The molecule has 0 aliphatic carbocycles. The SMILES string of the molecule is C=CCN1CCN(c2ccccc2OC(C)C)CC1.CC(C)Oc1ccccc1N1CCN(CC2CC(CO)=NO2)CC1.CC(C)Oc1ccccc1N1CCN(CC2CC(COC3CCCCO3)=NO2)CC1.O=[N+]([O-])CCOC1CCCCO1.O[N+]#CCOC1CCCCO1. The number of hydrogen-bond donors (Lipinski definition) is 2. The van der Waals surface area contributed by atoms with Gasteiger partial charge in [0.2, 0.25) is 11.6 Å². The van der Waals surface area contributed by atoms with Crippen LogP contribution in [0.5, 0.6) is 17.2 Å². The van der Waals surface area contributed by atoms with Crippen LogP contribution in [-0.4, -0.2) is 242 Å². The fourth-order valence-electron chi connectivity index (χ4n) is 12.0. The number of benzene rings is 3. The first-order chi connectivity index (χ1) is 46.7. The Morgan fingerprint density at radius 1 is 0.583 bits per heavy atom. The topological polar surface area (TPSA) is 234 Å². The van der Waals surface area contributed by atoms with Gasteiger partial charge in [-0.3, -0.25) is 24.8 Å². The third-order valence-electron chi connectivity index (χ3n) is 16.7. The van der Waals surface area contributed by atoms with Crippen molar-refractivity contribution < 1.29 is 67.5 Å². The molecule has 0 spiro atoms. The van der Waals surface area contributed by atoms with E-state index < -0.39 is 0 Å². The maximum Gasteiger partial charge on any atom is 0.378 e. The molecule has 5 unspecified atom stereocenters. The second kappa shape index (κ2) is 43.7. The fourth-order valence-corrected chi connectivity index (χ4v) is 12.0. The number of piperazine rings is 3. The highest BCUT2D eigenvalue weighted by molar-refractivity contribution is 5.87. The lowest BCUT2D eigenvalue weighted by atomic mass is 10.1. The molecule has 5 atom stereocenters. The molecule has 8 heterocycles. The van der Waals surface area contributed by atoms with Crippen LogP contribution in [0.15, 0.2) is 95.8 Å². The lowest BCUT2D eigenvalue weighted by Gasteiger charge is -2.37. The summed E-state index contributed by atoms with van der Waals surface area (Å²) < 4.78 is 50.0. The Labute approximate surface area is 569 Å². The number of rotatable bonds is 25. The van der Waals surface area contributed by atoms with Crippen LogP contribution in [0.2, 0.25) is 0 Å². The van der Waals surface area contributed by atoms with Gasteiger partial charge in [-0.05, 0) is 136 Å². The first-order valence-electron chi connectivity index (χ1n) is 35.0. The van der Waals surface area contributed by atoms with Crippen molar-refractivity contribution in [2.75, 3.05) is 166 Å². The number of aliphatic hydroxyl groups is 1. The molecule has 6 fully saturated rings. The minimum atomic E-state index is -0.386. The van der Waals surface area contributed by atoms with Crippen molar-refractivity contribution in [3.05, 3.63) is 101 Å². The summed E-state index contributed by atoms with van der Waals surface area (Å²) in [5.41, 5.74) is 5.32. The van der Waals surface area contributed by atoms with Crippen LogP contribution in [0.4, 0.5) is 17.1 Å². The third kappa shape index (κ3) is 28.5. The van der Waals surface area contributed by atoms with E-state index >= 15 is 0 Å². The van der Waals surface area contributed by atoms with Crippen molar-refractivity contribution in [2.45, 2.75) is 162 Å². The molecule has 3 aromatic carbocycles. The van der Waals surface area contributed by atoms with E-state index in [1.54, 1.807) is 0 Å². The molecular weight excluding hydrogens is 1230 g/mol. The first-order valence-corrected chi connectivity index (χ1v) is 35.0. The van der Waals surface area contributed by atoms with Gasteiger partial charge in [0.1, 0.15) is 36.1 Å². The summed E-state index contributed by atoms with van der Waals surface area (Å²) in [4.78, 5) is 35.1. The molecule has 2 N–H and O–H groups in total. The van der Waals surface area contributed by atoms with Crippen LogP contribution < -0.4 is 28.9 Å². The van der Waals surface area contributed by atoms with E-state index in [1.807, 2.05) is 30.3 Å². The summed E-state index contributed by atoms with van der Waals surface area (Å²) >= 11 is 0. The van der Waals surface area contributed by atoms with E-state index in [4.69, 9.17) is 62.6 Å². The van der Waals surface area contributed by atoms with Crippen molar-refractivity contribution in [3.63, 3.8) is 0 Å². The van der Waals surface area contributed by atoms with Gasteiger partial charge in [0, 0.05) is 136 Å². The van der Waals surface area contributed by atoms with Crippen molar-refractivity contribution in [1.29, 1.82) is 0 Å². The van der Waals surface area contributed by atoms with Crippen molar-refractivity contribution in [1.82, 2.24) is 14.7 Å². The van der Waals surface area contributed by atoms with Crippen LogP contribution in [0.3, 0.4) is 0 Å². The van der Waals surface area contributed by atoms with Gasteiger partial charge in [0.25, 0.3) is 0 Å². The first kappa shape index (κ1) is 76.8. The van der Waals surface area contributed by atoms with Crippen LogP contribution in [-0.2, 0) is 38.1 Å².